The van der Waals surface area contributed by atoms with Gasteiger partial charge in [-0.05, 0) is 36.0 Å². The Balaban J connectivity index is 2.24. The predicted molar refractivity (Wildman–Crippen MR) is 86.9 cm³/mol. The highest BCUT2D eigenvalue weighted by atomic mass is 32.2. The molecular formula is C17H20O4S. The van der Waals surface area contributed by atoms with Crippen molar-refractivity contribution in [3.8, 4) is 5.75 Å². The minimum Gasteiger partial charge on any atom is -0.496 e. The van der Waals surface area contributed by atoms with Gasteiger partial charge in [0.1, 0.15) is 5.75 Å². The average molecular weight is 320 g/mol. The fourth-order valence-electron chi connectivity index (χ4n) is 2.54. The van der Waals surface area contributed by atoms with Crippen molar-refractivity contribution in [2.75, 3.05) is 12.9 Å². The molecule has 118 valence electrons. The van der Waals surface area contributed by atoms with Crippen molar-refractivity contribution in [2.24, 2.45) is 0 Å². The van der Waals surface area contributed by atoms with Crippen LogP contribution in [0, 0.1) is 0 Å². The maximum absolute atomic E-state index is 11.1. The molecule has 0 aromatic heterocycles. The van der Waals surface area contributed by atoms with E-state index in [1.54, 1.807) is 7.11 Å². The molecular weight excluding hydrogens is 300 g/mol. The molecule has 0 saturated carbocycles. The zero-order valence-electron chi connectivity index (χ0n) is 12.5. The van der Waals surface area contributed by atoms with Gasteiger partial charge in [-0.3, -0.25) is 4.55 Å². The number of para-hydroxylation sites is 1. The summed E-state index contributed by atoms with van der Waals surface area (Å²) in [4.78, 5) is 0. The summed E-state index contributed by atoms with van der Waals surface area (Å²) >= 11 is 0. The second kappa shape index (κ2) is 7.42. The Kier molecular flexibility index (Phi) is 5.57. The van der Waals surface area contributed by atoms with Crippen molar-refractivity contribution in [1.82, 2.24) is 0 Å². The summed E-state index contributed by atoms with van der Waals surface area (Å²) in [5, 5.41) is 0. The Hall–Kier alpha value is -1.85. The molecule has 1 N–H and O–H groups in total. The highest BCUT2D eigenvalue weighted by Gasteiger charge is 2.17. The Morgan fingerprint density at radius 2 is 1.68 bits per heavy atom. The minimum absolute atomic E-state index is 0.000532. The van der Waals surface area contributed by atoms with E-state index in [-0.39, 0.29) is 11.7 Å². The van der Waals surface area contributed by atoms with Gasteiger partial charge in [-0.2, -0.15) is 8.42 Å². The lowest BCUT2D eigenvalue weighted by Crippen LogP contribution is -2.11. The van der Waals surface area contributed by atoms with Gasteiger partial charge in [0, 0.05) is 0 Å². The second-order valence-corrected chi connectivity index (χ2v) is 6.77. The highest BCUT2D eigenvalue weighted by molar-refractivity contribution is 7.85. The third kappa shape index (κ3) is 4.86. The van der Waals surface area contributed by atoms with Crippen molar-refractivity contribution < 1.29 is 17.7 Å². The lowest BCUT2D eigenvalue weighted by Gasteiger charge is -2.18. The molecule has 22 heavy (non-hydrogen) atoms. The van der Waals surface area contributed by atoms with Crippen LogP contribution in [0.5, 0.6) is 5.75 Å². The molecule has 1 unspecified atom stereocenters. The van der Waals surface area contributed by atoms with Gasteiger partial charge < -0.3 is 4.74 Å². The van der Waals surface area contributed by atoms with Gasteiger partial charge in [0.2, 0.25) is 0 Å². The summed E-state index contributed by atoms with van der Waals surface area (Å²) in [5.74, 6) is 0.538. The topological polar surface area (TPSA) is 63.6 Å². The molecule has 0 saturated heterocycles. The molecule has 0 aliphatic heterocycles. The van der Waals surface area contributed by atoms with Gasteiger partial charge in [0.15, 0.2) is 0 Å². The molecule has 5 heteroatoms. The Morgan fingerprint density at radius 1 is 1.05 bits per heavy atom. The van der Waals surface area contributed by atoms with Crippen LogP contribution < -0.4 is 4.74 Å². The Labute approximate surface area is 131 Å². The lowest BCUT2D eigenvalue weighted by atomic mass is 9.89. The average Bonchev–Trinajstić information content (AvgIpc) is 2.51. The van der Waals surface area contributed by atoms with Crippen molar-refractivity contribution in [1.29, 1.82) is 0 Å². The number of hydrogen-bond acceptors (Lipinski definition) is 3. The molecule has 0 radical (unpaired) electrons. The number of benzene rings is 2. The van der Waals surface area contributed by atoms with Crippen LogP contribution in [0.1, 0.15) is 23.5 Å². The maximum Gasteiger partial charge on any atom is 0.264 e. The summed E-state index contributed by atoms with van der Waals surface area (Å²) in [6, 6.07) is 17.4. The van der Waals surface area contributed by atoms with E-state index >= 15 is 0 Å². The predicted octanol–water partition coefficient (Wildman–Crippen LogP) is 3.30. The monoisotopic (exact) mass is 320 g/mol. The molecule has 0 fully saturated rings. The van der Waals surface area contributed by atoms with E-state index in [9.17, 15) is 8.42 Å². The van der Waals surface area contributed by atoms with Crippen LogP contribution in [0.2, 0.25) is 0 Å². The molecule has 2 aromatic rings. The molecule has 2 aromatic carbocycles. The van der Waals surface area contributed by atoms with Crippen LogP contribution in [0.3, 0.4) is 0 Å². The van der Waals surface area contributed by atoms with Gasteiger partial charge in [-0.1, -0.05) is 48.5 Å². The van der Waals surface area contributed by atoms with Crippen molar-refractivity contribution in [3.63, 3.8) is 0 Å². The normalized spacial score (nSPS) is 12.8. The first-order valence-electron chi connectivity index (χ1n) is 7.11. The fraction of sp³-hybridized carbons (Fsp3) is 0.294. The summed E-state index contributed by atoms with van der Waals surface area (Å²) in [7, 11) is -2.35. The largest absolute Gasteiger partial charge is 0.496 e. The van der Waals surface area contributed by atoms with Crippen molar-refractivity contribution >= 4 is 10.1 Å². The van der Waals surface area contributed by atoms with Gasteiger partial charge in [0.25, 0.3) is 10.1 Å². The van der Waals surface area contributed by atoms with E-state index in [1.807, 2.05) is 54.6 Å². The van der Waals surface area contributed by atoms with Crippen LogP contribution in [-0.2, 0) is 16.5 Å². The van der Waals surface area contributed by atoms with Crippen LogP contribution in [0.15, 0.2) is 54.6 Å². The third-order valence-electron chi connectivity index (χ3n) is 3.65. The molecule has 0 heterocycles. The number of ether oxygens (including phenoxy) is 1. The second-order valence-electron chi connectivity index (χ2n) is 5.20. The minimum atomic E-state index is -3.97. The molecule has 0 aliphatic rings. The van der Waals surface area contributed by atoms with E-state index in [1.165, 1.54) is 0 Å². The molecule has 4 nitrogen and oxygen atoms in total. The molecule has 0 amide bonds. The molecule has 0 spiro atoms. The zero-order valence-corrected chi connectivity index (χ0v) is 13.3. The van der Waals surface area contributed by atoms with Crippen molar-refractivity contribution in [2.45, 2.75) is 18.8 Å². The number of rotatable bonds is 7. The first-order valence-corrected chi connectivity index (χ1v) is 8.72. The van der Waals surface area contributed by atoms with Gasteiger partial charge in [-0.25, -0.2) is 0 Å². The van der Waals surface area contributed by atoms with Gasteiger partial charge in [-0.15, -0.1) is 0 Å². The molecule has 2 rings (SSSR count). The zero-order chi connectivity index (χ0) is 16.0. The van der Waals surface area contributed by atoms with Crippen LogP contribution in [-0.4, -0.2) is 25.8 Å². The number of hydrogen-bond donors (Lipinski definition) is 1. The Bertz CT molecular complexity index is 696. The fourth-order valence-corrected chi connectivity index (χ4v) is 3.12. The summed E-state index contributed by atoms with van der Waals surface area (Å²) in [5.41, 5.74) is 2.08. The van der Waals surface area contributed by atoms with Gasteiger partial charge in [0.05, 0.1) is 12.9 Å². The standard InChI is InChI=1S/C17H20O4S/c1-21-17-10-6-5-9-16(17)13-15(11-12-22(18,19)20)14-7-3-2-4-8-14/h2-10,15H,11-13H2,1H3,(H,18,19,20). The third-order valence-corrected chi connectivity index (χ3v) is 4.41. The van der Waals surface area contributed by atoms with E-state index in [2.05, 4.69) is 0 Å². The molecule has 0 aliphatic carbocycles. The van der Waals surface area contributed by atoms with E-state index in [4.69, 9.17) is 9.29 Å². The SMILES string of the molecule is COc1ccccc1CC(CCS(=O)(=O)O)c1ccccc1. The van der Waals surface area contributed by atoms with Crippen molar-refractivity contribution in [3.05, 3.63) is 65.7 Å². The quantitative estimate of drug-likeness (QED) is 0.795. The Morgan fingerprint density at radius 3 is 2.32 bits per heavy atom. The molecule has 0 bridgehead atoms. The van der Waals surface area contributed by atoms with E-state index < -0.39 is 10.1 Å². The molecule has 1 atom stereocenters. The van der Waals surface area contributed by atoms with Crippen LogP contribution in [0.25, 0.3) is 0 Å². The summed E-state index contributed by atoms with van der Waals surface area (Å²) in [6.07, 6.45) is 1.02. The van der Waals surface area contributed by atoms with Gasteiger partial charge >= 0.3 is 0 Å². The number of methoxy groups -OCH3 is 1. The highest BCUT2D eigenvalue weighted by Crippen LogP contribution is 2.29. The lowest BCUT2D eigenvalue weighted by molar-refractivity contribution is 0.407. The first-order chi connectivity index (χ1) is 10.5. The maximum atomic E-state index is 11.1. The smallest absolute Gasteiger partial charge is 0.264 e. The van der Waals surface area contributed by atoms with Crippen LogP contribution >= 0.6 is 0 Å². The first kappa shape index (κ1) is 16.5. The summed E-state index contributed by atoms with van der Waals surface area (Å²) in [6.45, 7) is 0. The summed E-state index contributed by atoms with van der Waals surface area (Å²) < 4.78 is 36.5. The van der Waals surface area contributed by atoms with Crippen LogP contribution in [0.4, 0.5) is 0 Å². The van der Waals surface area contributed by atoms with E-state index in [0.717, 1.165) is 16.9 Å². The van der Waals surface area contributed by atoms with E-state index in [0.29, 0.717) is 12.8 Å².